The first-order valence-electron chi connectivity index (χ1n) is 7.34. The number of furan rings is 1. The molecule has 0 aliphatic heterocycles. The molecule has 122 valence electrons. The van der Waals surface area contributed by atoms with E-state index in [1.54, 1.807) is 27.9 Å². The van der Waals surface area contributed by atoms with Crippen molar-refractivity contribution in [1.29, 1.82) is 0 Å². The van der Waals surface area contributed by atoms with Crippen molar-refractivity contribution in [2.45, 2.75) is 58.5 Å². The van der Waals surface area contributed by atoms with Crippen molar-refractivity contribution in [3.8, 4) is 0 Å². The van der Waals surface area contributed by atoms with E-state index in [2.05, 4.69) is 19.2 Å². The maximum Gasteiger partial charge on any atom is 0.246 e. The largest absolute Gasteiger partial charge is 0.465 e. The van der Waals surface area contributed by atoms with Gasteiger partial charge in [0.2, 0.25) is 10.0 Å². The number of aryl methyl sites for hydroxylation is 2. The lowest BCUT2D eigenvalue weighted by molar-refractivity contribution is 0.337. The van der Waals surface area contributed by atoms with Gasteiger partial charge in [-0.1, -0.05) is 13.8 Å². The second-order valence-electron chi connectivity index (χ2n) is 6.05. The standard InChI is InChI=1S/C15H28N2O3S/c1-10(2)8-11(3)17(7)21(18,19)15-13(5)20-12(4)14(15)9-16-6/h10-11,16H,8-9H2,1-7H3. The summed E-state index contributed by atoms with van der Waals surface area (Å²) in [5.74, 6) is 1.56. The third-order valence-electron chi connectivity index (χ3n) is 3.75. The second-order valence-corrected chi connectivity index (χ2v) is 7.99. The van der Waals surface area contributed by atoms with Gasteiger partial charge in [-0.15, -0.1) is 0 Å². The molecule has 1 heterocycles. The minimum atomic E-state index is -3.55. The monoisotopic (exact) mass is 316 g/mol. The second kappa shape index (κ2) is 6.94. The summed E-state index contributed by atoms with van der Waals surface area (Å²) in [6, 6.07) is -0.0490. The Balaban J connectivity index is 3.24. The van der Waals surface area contributed by atoms with E-state index in [1.165, 1.54) is 4.31 Å². The van der Waals surface area contributed by atoms with Crippen LogP contribution in [0.15, 0.2) is 9.31 Å². The molecule has 0 spiro atoms. The van der Waals surface area contributed by atoms with Gasteiger partial charge < -0.3 is 9.73 Å². The van der Waals surface area contributed by atoms with E-state index in [0.29, 0.717) is 28.9 Å². The molecule has 0 saturated heterocycles. The van der Waals surface area contributed by atoms with Gasteiger partial charge in [0.05, 0.1) is 0 Å². The minimum Gasteiger partial charge on any atom is -0.465 e. The molecule has 5 nitrogen and oxygen atoms in total. The molecule has 6 heteroatoms. The van der Waals surface area contributed by atoms with E-state index in [-0.39, 0.29) is 6.04 Å². The first-order chi connectivity index (χ1) is 9.62. The molecule has 0 aromatic carbocycles. The van der Waals surface area contributed by atoms with Crippen molar-refractivity contribution in [3.05, 3.63) is 17.1 Å². The number of hydrogen-bond acceptors (Lipinski definition) is 4. The van der Waals surface area contributed by atoms with Crippen molar-refractivity contribution in [2.75, 3.05) is 14.1 Å². The lowest BCUT2D eigenvalue weighted by Gasteiger charge is -2.26. The topological polar surface area (TPSA) is 62.6 Å². The summed E-state index contributed by atoms with van der Waals surface area (Å²) in [6.07, 6.45) is 0.826. The summed E-state index contributed by atoms with van der Waals surface area (Å²) < 4.78 is 32.9. The van der Waals surface area contributed by atoms with Crippen LogP contribution in [0, 0.1) is 19.8 Å². The Labute approximate surface area is 128 Å². The molecule has 1 atom stereocenters. The highest BCUT2D eigenvalue weighted by atomic mass is 32.2. The lowest BCUT2D eigenvalue weighted by Crippen LogP contribution is -2.36. The van der Waals surface area contributed by atoms with Gasteiger partial charge in [-0.3, -0.25) is 0 Å². The van der Waals surface area contributed by atoms with Crippen LogP contribution in [-0.4, -0.2) is 32.9 Å². The van der Waals surface area contributed by atoms with Gasteiger partial charge >= 0.3 is 0 Å². The molecule has 1 rings (SSSR count). The van der Waals surface area contributed by atoms with E-state index >= 15 is 0 Å². The number of sulfonamides is 1. The first kappa shape index (κ1) is 18.2. The van der Waals surface area contributed by atoms with Crippen molar-refractivity contribution in [2.24, 2.45) is 5.92 Å². The Bertz CT molecular complexity index is 576. The highest BCUT2D eigenvalue weighted by molar-refractivity contribution is 7.89. The molecule has 1 unspecified atom stereocenters. The van der Waals surface area contributed by atoms with Crippen LogP contribution >= 0.6 is 0 Å². The fourth-order valence-corrected chi connectivity index (χ4v) is 4.42. The molecule has 1 N–H and O–H groups in total. The average molecular weight is 316 g/mol. The highest BCUT2D eigenvalue weighted by Gasteiger charge is 2.32. The molecule has 0 fully saturated rings. The summed E-state index contributed by atoms with van der Waals surface area (Å²) >= 11 is 0. The van der Waals surface area contributed by atoms with Crippen molar-refractivity contribution in [3.63, 3.8) is 0 Å². The van der Waals surface area contributed by atoms with E-state index in [1.807, 2.05) is 6.92 Å². The quantitative estimate of drug-likeness (QED) is 0.840. The molecule has 0 bridgehead atoms. The van der Waals surface area contributed by atoms with E-state index in [9.17, 15) is 8.42 Å². The molecule has 0 radical (unpaired) electrons. The van der Waals surface area contributed by atoms with Crippen LogP contribution in [0.3, 0.4) is 0 Å². The van der Waals surface area contributed by atoms with Gasteiger partial charge in [0.15, 0.2) is 0 Å². The smallest absolute Gasteiger partial charge is 0.246 e. The maximum absolute atomic E-state index is 12.9. The van der Waals surface area contributed by atoms with Crippen LogP contribution in [0.2, 0.25) is 0 Å². The van der Waals surface area contributed by atoms with E-state index in [0.717, 1.165) is 12.0 Å². The molecule has 1 aromatic heterocycles. The minimum absolute atomic E-state index is 0.0490. The van der Waals surface area contributed by atoms with Gasteiger partial charge in [0, 0.05) is 25.2 Å². The normalized spacial score (nSPS) is 14.1. The zero-order valence-electron chi connectivity index (χ0n) is 14.1. The molecule has 1 aromatic rings. The fourth-order valence-electron chi connectivity index (χ4n) is 2.64. The van der Waals surface area contributed by atoms with Crippen LogP contribution in [0.4, 0.5) is 0 Å². The predicted molar refractivity (Wildman–Crippen MR) is 84.8 cm³/mol. The molecule has 21 heavy (non-hydrogen) atoms. The fraction of sp³-hybridized carbons (Fsp3) is 0.733. The van der Waals surface area contributed by atoms with Crippen LogP contribution in [0.25, 0.3) is 0 Å². The SMILES string of the molecule is CNCc1c(C)oc(C)c1S(=O)(=O)N(C)C(C)CC(C)C. The number of hydrogen-bond donors (Lipinski definition) is 1. The first-order valence-corrected chi connectivity index (χ1v) is 8.78. The third-order valence-corrected chi connectivity index (χ3v) is 5.92. The predicted octanol–water partition coefficient (Wildman–Crippen LogP) is 2.67. The zero-order chi connectivity index (χ0) is 16.4. The van der Waals surface area contributed by atoms with Gasteiger partial charge in [-0.25, -0.2) is 8.42 Å². The van der Waals surface area contributed by atoms with Crippen molar-refractivity contribution >= 4 is 10.0 Å². The number of nitrogens with zero attached hydrogens (tertiary/aromatic N) is 1. The Hall–Kier alpha value is -0.850. The Morgan fingerprint density at radius 2 is 1.76 bits per heavy atom. The summed E-state index contributed by atoms with van der Waals surface area (Å²) in [5, 5.41) is 3.01. The molecule has 0 saturated carbocycles. The van der Waals surface area contributed by atoms with Gasteiger partial charge in [0.1, 0.15) is 16.4 Å². The zero-order valence-corrected chi connectivity index (χ0v) is 15.0. The van der Waals surface area contributed by atoms with Crippen molar-refractivity contribution in [1.82, 2.24) is 9.62 Å². The van der Waals surface area contributed by atoms with Gasteiger partial charge in [-0.2, -0.15) is 4.31 Å². The summed E-state index contributed by atoms with van der Waals surface area (Å²) in [5.41, 5.74) is 0.721. The van der Waals surface area contributed by atoms with Crippen LogP contribution < -0.4 is 5.32 Å². The van der Waals surface area contributed by atoms with Crippen LogP contribution in [0.5, 0.6) is 0 Å². The van der Waals surface area contributed by atoms with Crippen LogP contribution in [-0.2, 0) is 16.6 Å². The molecular weight excluding hydrogens is 288 g/mol. The summed E-state index contributed by atoms with van der Waals surface area (Å²) in [6.45, 7) is 10.1. The van der Waals surface area contributed by atoms with Gasteiger partial charge in [0.25, 0.3) is 0 Å². The Morgan fingerprint density at radius 3 is 2.24 bits per heavy atom. The summed E-state index contributed by atoms with van der Waals surface area (Å²) in [4.78, 5) is 0.312. The Morgan fingerprint density at radius 1 is 1.19 bits per heavy atom. The molecule has 0 amide bonds. The molecule has 0 aliphatic rings. The van der Waals surface area contributed by atoms with Crippen LogP contribution in [0.1, 0.15) is 44.3 Å². The Kier molecular flexibility index (Phi) is 6.01. The molecular formula is C15H28N2O3S. The maximum atomic E-state index is 12.9. The lowest BCUT2D eigenvalue weighted by atomic mass is 10.1. The summed E-state index contributed by atoms with van der Waals surface area (Å²) in [7, 11) is -0.106. The average Bonchev–Trinajstić information content (AvgIpc) is 2.63. The highest BCUT2D eigenvalue weighted by Crippen LogP contribution is 2.30. The third kappa shape index (κ3) is 3.87. The van der Waals surface area contributed by atoms with E-state index < -0.39 is 10.0 Å². The van der Waals surface area contributed by atoms with E-state index in [4.69, 9.17) is 4.42 Å². The molecule has 0 aliphatic carbocycles. The van der Waals surface area contributed by atoms with Crippen molar-refractivity contribution < 1.29 is 12.8 Å². The number of rotatable bonds is 7. The van der Waals surface area contributed by atoms with Gasteiger partial charge in [-0.05, 0) is 40.2 Å². The number of nitrogens with one attached hydrogen (secondary N) is 1.